The lowest BCUT2D eigenvalue weighted by Crippen LogP contribution is -2.19. The summed E-state index contributed by atoms with van der Waals surface area (Å²) in [4.78, 5) is 9.00. The molecule has 4 nitrogen and oxygen atoms in total. The van der Waals surface area contributed by atoms with Crippen LogP contribution in [0.2, 0.25) is 0 Å². The SMILES string of the molecule is C=CC(C)(O)CCC=C(C)C.C=CC(C)(O)CCC=C(C)C.CC(=O)O. The molecule has 2 unspecified atom stereocenters. The van der Waals surface area contributed by atoms with Crippen LogP contribution in [-0.2, 0) is 4.79 Å². The van der Waals surface area contributed by atoms with Crippen LogP contribution < -0.4 is 0 Å². The Morgan fingerprint density at radius 3 is 1.19 bits per heavy atom. The standard InChI is InChI=1S/2C10H18O.C2H4O2/c2*1-5-10(4,11)8-6-7-9(2)3;1-2(3)4/h2*5,7,11H,1,6,8H2,2-4H3;1H3,(H,3,4). The molecule has 0 aromatic carbocycles. The minimum atomic E-state index is -0.833. The quantitative estimate of drug-likeness (QED) is 0.499. The van der Waals surface area contributed by atoms with Crippen molar-refractivity contribution >= 4 is 5.97 Å². The van der Waals surface area contributed by atoms with Gasteiger partial charge in [0.1, 0.15) is 0 Å². The molecule has 0 aliphatic carbocycles. The van der Waals surface area contributed by atoms with Crippen LogP contribution in [0.3, 0.4) is 0 Å². The van der Waals surface area contributed by atoms with Crippen molar-refractivity contribution in [2.75, 3.05) is 0 Å². The number of carboxylic acid groups (broad SMARTS) is 1. The van der Waals surface area contributed by atoms with Crippen LogP contribution in [0.4, 0.5) is 0 Å². The molecule has 0 radical (unpaired) electrons. The average Bonchev–Trinajstić information content (AvgIpc) is 2.46. The lowest BCUT2D eigenvalue weighted by Gasteiger charge is -2.16. The Morgan fingerprint density at radius 2 is 1.04 bits per heavy atom. The van der Waals surface area contributed by atoms with E-state index in [4.69, 9.17) is 9.90 Å². The largest absolute Gasteiger partial charge is 0.481 e. The summed E-state index contributed by atoms with van der Waals surface area (Å²) in [6, 6.07) is 0. The van der Waals surface area contributed by atoms with E-state index in [0.29, 0.717) is 0 Å². The summed E-state index contributed by atoms with van der Waals surface area (Å²) in [6.45, 7) is 20.0. The first-order chi connectivity index (χ1) is 11.7. The molecule has 152 valence electrons. The predicted molar refractivity (Wildman–Crippen MR) is 112 cm³/mol. The van der Waals surface area contributed by atoms with Gasteiger partial charge in [-0.1, -0.05) is 35.5 Å². The van der Waals surface area contributed by atoms with Crippen molar-refractivity contribution in [3.8, 4) is 0 Å². The van der Waals surface area contributed by atoms with E-state index >= 15 is 0 Å². The molecular formula is C22H40O4. The van der Waals surface area contributed by atoms with Crippen molar-refractivity contribution in [1.29, 1.82) is 0 Å². The monoisotopic (exact) mass is 368 g/mol. The molecule has 26 heavy (non-hydrogen) atoms. The predicted octanol–water partition coefficient (Wildman–Crippen LogP) is 5.43. The van der Waals surface area contributed by atoms with Crippen LogP contribution >= 0.6 is 0 Å². The number of carboxylic acids is 1. The summed E-state index contributed by atoms with van der Waals surface area (Å²) >= 11 is 0. The van der Waals surface area contributed by atoms with Crippen LogP contribution in [0, 0.1) is 0 Å². The summed E-state index contributed by atoms with van der Waals surface area (Å²) in [5, 5.41) is 26.4. The number of aliphatic carboxylic acids is 1. The molecule has 0 fully saturated rings. The topological polar surface area (TPSA) is 77.8 Å². The summed E-state index contributed by atoms with van der Waals surface area (Å²) in [5.74, 6) is -0.833. The van der Waals surface area contributed by atoms with Gasteiger partial charge in [-0.05, 0) is 67.2 Å². The van der Waals surface area contributed by atoms with Gasteiger partial charge in [0, 0.05) is 6.92 Å². The number of hydrogen-bond donors (Lipinski definition) is 3. The fourth-order valence-electron chi connectivity index (χ4n) is 1.51. The average molecular weight is 369 g/mol. The molecule has 0 saturated carbocycles. The number of carbonyl (C=O) groups is 1. The normalized spacial score (nSPS) is 13.9. The van der Waals surface area contributed by atoms with E-state index in [2.05, 4.69) is 53.0 Å². The van der Waals surface area contributed by atoms with Crippen LogP contribution in [0.15, 0.2) is 48.6 Å². The van der Waals surface area contributed by atoms with E-state index in [9.17, 15) is 10.2 Å². The molecule has 0 spiro atoms. The Kier molecular flexibility index (Phi) is 17.5. The van der Waals surface area contributed by atoms with Gasteiger partial charge in [0.15, 0.2) is 0 Å². The molecule has 4 heteroatoms. The third kappa shape index (κ3) is 30.3. The minimum absolute atomic E-state index is 0.702. The van der Waals surface area contributed by atoms with Crippen LogP contribution in [0.5, 0.6) is 0 Å². The molecule has 3 N–H and O–H groups in total. The van der Waals surface area contributed by atoms with E-state index in [-0.39, 0.29) is 0 Å². The van der Waals surface area contributed by atoms with Gasteiger partial charge in [0.25, 0.3) is 5.97 Å². The molecule has 0 aliphatic heterocycles. The van der Waals surface area contributed by atoms with Gasteiger partial charge >= 0.3 is 0 Å². The van der Waals surface area contributed by atoms with Crippen molar-refractivity contribution in [2.24, 2.45) is 0 Å². The van der Waals surface area contributed by atoms with Crippen molar-refractivity contribution in [3.05, 3.63) is 48.6 Å². The number of rotatable bonds is 8. The number of allylic oxidation sites excluding steroid dienone is 4. The Morgan fingerprint density at radius 1 is 0.808 bits per heavy atom. The van der Waals surface area contributed by atoms with E-state index in [1.54, 1.807) is 26.0 Å². The second-order valence-corrected chi connectivity index (χ2v) is 7.28. The highest BCUT2D eigenvalue weighted by Gasteiger charge is 2.13. The summed E-state index contributed by atoms with van der Waals surface area (Å²) < 4.78 is 0. The van der Waals surface area contributed by atoms with Crippen LogP contribution in [0.1, 0.15) is 74.1 Å². The van der Waals surface area contributed by atoms with E-state index in [1.807, 2.05) is 0 Å². The molecule has 0 rings (SSSR count). The van der Waals surface area contributed by atoms with Crippen molar-refractivity contribution in [3.63, 3.8) is 0 Å². The van der Waals surface area contributed by atoms with Crippen molar-refractivity contribution in [2.45, 2.75) is 85.4 Å². The molecule has 2 atom stereocenters. The van der Waals surface area contributed by atoms with Gasteiger partial charge in [0.2, 0.25) is 0 Å². The highest BCUT2D eigenvalue weighted by atomic mass is 16.4. The smallest absolute Gasteiger partial charge is 0.300 e. The lowest BCUT2D eigenvalue weighted by molar-refractivity contribution is -0.134. The maximum atomic E-state index is 9.49. The Balaban J connectivity index is -0.000000338. The highest BCUT2D eigenvalue weighted by molar-refractivity contribution is 5.62. The second kappa shape index (κ2) is 15.6. The molecule has 0 heterocycles. The number of hydrogen-bond acceptors (Lipinski definition) is 3. The Labute approximate surface area is 160 Å². The highest BCUT2D eigenvalue weighted by Crippen LogP contribution is 2.14. The molecule has 0 aromatic heterocycles. The third-order valence-corrected chi connectivity index (χ3v) is 3.29. The molecule has 0 saturated heterocycles. The summed E-state index contributed by atoms with van der Waals surface area (Å²) in [6.07, 6.45) is 10.8. The molecule has 0 aliphatic rings. The first-order valence-corrected chi connectivity index (χ1v) is 8.87. The molecular weight excluding hydrogens is 328 g/mol. The zero-order chi connectivity index (χ0) is 21.4. The van der Waals surface area contributed by atoms with Crippen LogP contribution in [-0.4, -0.2) is 32.5 Å². The van der Waals surface area contributed by atoms with Crippen LogP contribution in [0.25, 0.3) is 0 Å². The van der Waals surface area contributed by atoms with Gasteiger partial charge in [-0.3, -0.25) is 4.79 Å². The fraction of sp³-hybridized carbons (Fsp3) is 0.591. The zero-order valence-electron chi connectivity index (χ0n) is 17.8. The molecule has 0 amide bonds. The van der Waals surface area contributed by atoms with E-state index in [0.717, 1.165) is 32.6 Å². The summed E-state index contributed by atoms with van der Waals surface area (Å²) in [5.41, 5.74) is 1.19. The van der Waals surface area contributed by atoms with Crippen molar-refractivity contribution in [1.82, 2.24) is 0 Å². The zero-order valence-corrected chi connectivity index (χ0v) is 17.8. The first-order valence-electron chi connectivity index (χ1n) is 8.87. The molecule has 0 bridgehead atoms. The van der Waals surface area contributed by atoms with E-state index in [1.165, 1.54) is 11.1 Å². The van der Waals surface area contributed by atoms with Gasteiger partial charge in [0.05, 0.1) is 11.2 Å². The van der Waals surface area contributed by atoms with Gasteiger partial charge in [-0.15, -0.1) is 13.2 Å². The maximum absolute atomic E-state index is 9.49. The van der Waals surface area contributed by atoms with Crippen molar-refractivity contribution < 1.29 is 20.1 Å². The second-order valence-electron chi connectivity index (χ2n) is 7.28. The van der Waals surface area contributed by atoms with Gasteiger partial charge in [-0.2, -0.15) is 0 Å². The third-order valence-electron chi connectivity index (χ3n) is 3.29. The maximum Gasteiger partial charge on any atom is 0.300 e. The van der Waals surface area contributed by atoms with Gasteiger partial charge < -0.3 is 15.3 Å². The fourth-order valence-corrected chi connectivity index (χ4v) is 1.51. The first kappa shape index (κ1) is 29.1. The Bertz CT molecular complexity index is 419. The van der Waals surface area contributed by atoms with Gasteiger partial charge in [-0.25, -0.2) is 0 Å². The molecule has 0 aromatic rings. The minimum Gasteiger partial charge on any atom is -0.481 e. The van der Waals surface area contributed by atoms with E-state index < -0.39 is 17.2 Å². The number of aliphatic hydroxyl groups is 2. The Hall–Kier alpha value is -1.65. The summed E-state index contributed by atoms with van der Waals surface area (Å²) in [7, 11) is 0. The lowest BCUT2D eigenvalue weighted by atomic mass is 10.00.